The monoisotopic (exact) mass is 690 g/mol. The van der Waals surface area contributed by atoms with Gasteiger partial charge in [-0.2, -0.15) is 0 Å². The molecule has 18 nitrogen and oxygen atoms in total. The zero-order valence-electron chi connectivity index (χ0n) is 24.6. The minimum Gasteiger partial charge on any atom is -0.748 e. The Morgan fingerprint density at radius 1 is 0.628 bits per heavy atom. The molecule has 0 saturated carbocycles. The number of rotatable bonds is 18. The number of hydrogen-bond donors (Lipinski definition) is 8. The number of nitrogens with one attached hydrogen (secondary N) is 4. The van der Waals surface area contributed by atoms with E-state index in [0.29, 0.717) is 0 Å². The van der Waals surface area contributed by atoms with Gasteiger partial charge in [0.1, 0.15) is 12.2 Å². The first kappa shape index (κ1) is 46.2. The van der Waals surface area contributed by atoms with Crippen molar-refractivity contribution >= 4 is 81.6 Å². The van der Waals surface area contributed by atoms with Crippen LogP contribution in [0, 0.1) is 10.8 Å². The third-order valence-corrected chi connectivity index (χ3v) is 6.85. The van der Waals surface area contributed by atoms with Crippen molar-refractivity contribution < 1.29 is 65.5 Å². The third kappa shape index (κ3) is 23.8. The van der Waals surface area contributed by atoms with Crippen LogP contribution in [-0.2, 0) is 39.4 Å². The van der Waals surface area contributed by atoms with Crippen LogP contribution in [0.4, 0.5) is 0 Å². The molecule has 2 atom stereocenters. The Bertz CT molecular complexity index is 1020. The van der Waals surface area contributed by atoms with Crippen LogP contribution >= 0.6 is 0 Å². The molecule has 248 valence electrons. The smallest absolute Gasteiger partial charge is 0.748 e. The van der Waals surface area contributed by atoms with Crippen LogP contribution in [0.3, 0.4) is 0 Å². The van der Waals surface area contributed by atoms with Gasteiger partial charge in [-0.3, -0.25) is 19.2 Å². The van der Waals surface area contributed by atoms with E-state index in [4.69, 9.17) is 10.2 Å². The second-order valence-corrected chi connectivity index (χ2v) is 13.5. The van der Waals surface area contributed by atoms with E-state index in [1.54, 1.807) is 0 Å². The summed E-state index contributed by atoms with van der Waals surface area (Å²) in [6.07, 6.45) is -3.10. The van der Waals surface area contributed by atoms with Gasteiger partial charge in [0.25, 0.3) is 0 Å². The number of carbonyl (C=O) groups is 4. The molecule has 0 aliphatic rings. The number of amides is 4. The molecule has 0 rings (SSSR count). The summed E-state index contributed by atoms with van der Waals surface area (Å²) in [6, 6.07) is 0. The van der Waals surface area contributed by atoms with Crippen molar-refractivity contribution in [1.82, 2.24) is 21.3 Å². The van der Waals surface area contributed by atoms with Crippen molar-refractivity contribution in [2.45, 2.75) is 52.7 Å². The summed E-state index contributed by atoms with van der Waals surface area (Å²) in [5, 5.41) is 46.4. The van der Waals surface area contributed by atoms with Crippen LogP contribution in [0.1, 0.15) is 40.5 Å². The molecule has 0 aromatic carbocycles. The standard InChI is InChI=1S/2C11H22N2O7S.Ca/c2*1-11(2,7-14)9(16)10(17)13-4-3-8(15)12-5-6-21(18,19)20;/h2*9,14,16H,3-7H2,1-2H3,(H,12,15)(H,13,17)(H,18,19,20);/q;;+2/p-2/t2*9-;/m00./s1. The number of aliphatic hydroxyl groups excluding tert-OH is 4. The van der Waals surface area contributed by atoms with E-state index in [1.165, 1.54) is 27.7 Å². The Morgan fingerprint density at radius 2 is 0.907 bits per heavy atom. The topological polar surface area (TPSA) is 312 Å². The van der Waals surface area contributed by atoms with Crippen LogP contribution in [0.5, 0.6) is 0 Å². The normalized spacial score (nSPS) is 13.3. The molecule has 0 aromatic heterocycles. The van der Waals surface area contributed by atoms with Crippen molar-refractivity contribution in [1.29, 1.82) is 0 Å². The molecule has 4 amide bonds. The summed E-state index contributed by atoms with van der Waals surface area (Å²) in [5.41, 5.74) is -2.01. The average molecular weight is 691 g/mol. The van der Waals surface area contributed by atoms with E-state index in [2.05, 4.69) is 21.3 Å². The minimum absolute atomic E-state index is 0. The molecule has 43 heavy (non-hydrogen) atoms. The summed E-state index contributed by atoms with van der Waals surface area (Å²) in [7, 11) is -8.75. The molecular formula is C22H42CaN4O14S2. The molecule has 0 saturated heterocycles. The first-order valence-electron chi connectivity index (χ1n) is 12.5. The van der Waals surface area contributed by atoms with Gasteiger partial charge in [-0.25, -0.2) is 16.8 Å². The van der Waals surface area contributed by atoms with E-state index < -0.39 is 78.4 Å². The Morgan fingerprint density at radius 3 is 1.14 bits per heavy atom. The van der Waals surface area contributed by atoms with E-state index in [1.807, 2.05) is 0 Å². The minimum atomic E-state index is -4.38. The fraction of sp³-hybridized carbons (Fsp3) is 0.818. The van der Waals surface area contributed by atoms with Crippen LogP contribution in [0.15, 0.2) is 0 Å². The molecule has 0 fully saturated rings. The van der Waals surface area contributed by atoms with Crippen LogP contribution in [0.25, 0.3) is 0 Å². The van der Waals surface area contributed by atoms with Crippen molar-refractivity contribution in [2.24, 2.45) is 10.8 Å². The second-order valence-electron chi connectivity index (χ2n) is 10.4. The van der Waals surface area contributed by atoms with E-state index >= 15 is 0 Å². The predicted molar refractivity (Wildman–Crippen MR) is 150 cm³/mol. The van der Waals surface area contributed by atoms with Crippen LogP contribution < -0.4 is 21.3 Å². The molecular weight excluding hydrogens is 648 g/mol. The van der Waals surface area contributed by atoms with Crippen molar-refractivity contribution in [3.8, 4) is 0 Å². The van der Waals surface area contributed by atoms with Crippen molar-refractivity contribution in [3.63, 3.8) is 0 Å². The maximum absolute atomic E-state index is 11.6. The van der Waals surface area contributed by atoms with Gasteiger partial charge in [0.2, 0.25) is 23.6 Å². The van der Waals surface area contributed by atoms with Gasteiger partial charge in [-0.1, -0.05) is 27.7 Å². The largest absolute Gasteiger partial charge is 2.00 e. The fourth-order valence-corrected chi connectivity index (χ4v) is 3.19. The Balaban J connectivity index is -0.000000727. The summed E-state index contributed by atoms with van der Waals surface area (Å²) in [4.78, 5) is 45.6. The molecule has 0 spiro atoms. The Hall–Kier alpha value is -1.20. The van der Waals surface area contributed by atoms with Gasteiger partial charge in [-0.05, 0) is 0 Å². The maximum atomic E-state index is 11.6. The Kier molecular flexibility index (Phi) is 23.1. The van der Waals surface area contributed by atoms with Gasteiger partial charge >= 0.3 is 37.7 Å². The fourth-order valence-electron chi connectivity index (χ4n) is 2.48. The average Bonchev–Trinajstić information content (AvgIpc) is 2.86. The van der Waals surface area contributed by atoms with E-state index in [0.717, 1.165) is 0 Å². The molecule has 0 aliphatic carbocycles. The van der Waals surface area contributed by atoms with Gasteiger partial charge < -0.3 is 50.8 Å². The van der Waals surface area contributed by atoms with E-state index in [-0.39, 0.29) is 90.0 Å². The molecule has 0 aliphatic heterocycles. The van der Waals surface area contributed by atoms with Crippen LogP contribution in [-0.4, -0.2) is 171 Å². The van der Waals surface area contributed by atoms with Gasteiger partial charge in [0.05, 0.1) is 45.0 Å². The summed E-state index contributed by atoms with van der Waals surface area (Å²) in [6.45, 7) is 4.55. The number of carbonyl (C=O) groups excluding carboxylic acids is 4. The predicted octanol–water partition coefficient (Wildman–Crippen LogP) is -5.31. The number of aliphatic hydroxyl groups is 4. The zero-order valence-corrected chi connectivity index (χ0v) is 28.5. The van der Waals surface area contributed by atoms with E-state index in [9.17, 15) is 55.3 Å². The Labute approximate surface area is 281 Å². The molecule has 21 heteroatoms. The SMILES string of the molecule is CC(C)(CO)[C@@H](O)C(=O)NCCC(=O)NCCS(=O)(=O)[O-].CC(C)(CO)[C@@H](O)C(=O)NCCC(=O)NCCS(=O)(=O)[O-].[Ca+2]. The number of hydrogen-bond acceptors (Lipinski definition) is 14. The first-order chi connectivity index (χ1) is 19.0. The first-order valence-corrected chi connectivity index (χ1v) is 15.7. The third-order valence-electron chi connectivity index (χ3n) is 5.44. The van der Waals surface area contributed by atoms with Crippen LogP contribution in [0.2, 0.25) is 0 Å². The zero-order chi connectivity index (χ0) is 33.4. The molecule has 0 radical (unpaired) electrons. The molecule has 0 heterocycles. The maximum Gasteiger partial charge on any atom is 2.00 e. The second kappa shape index (κ2) is 21.5. The molecule has 0 bridgehead atoms. The van der Waals surface area contributed by atoms with Gasteiger partial charge in [0, 0.05) is 49.9 Å². The molecule has 0 unspecified atom stereocenters. The quantitative estimate of drug-likeness (QED) is 0.0492. The van der Waals surface area contributed by atoms with Crippen molar-refractivity contribution in [3.05, 3.63) is 0 Å². The van der Waals surface area contributed by atoms with Gasteiger partial charge in [-0.15, -0.1) is 0 Å². The summed E-state index contributed by atoms with van der Waals surface area (Å²) < 4.78 is 61.8. The summed E-state index contributed by atoms with van der Waals surface area (Å²) >= 11 is 0. The van der Waals surface area contributed by atoms with Crippen molar-refractivity contribution in [2.75, 3.05) is 50.9 Å². The molecule has 0 aromatic rings. The van der Waals surface area contributed by atoms with Gasteiger partial charge in [0.15, 0.2) is 0 Å². The summed E-state index contributed by atoms with van der Waals surface area (Å²) in [5.74, 6) is -3.90. The molecule has 8 N–H and O–H groups in total.